The van der Waals surface area contributed by atoms with Gasteiger partial charge in [-0.1, -0.05) is 13.0 Å². The molecular formula is C28H18F8N2O2S. The fourth-order valence-corrected chi connectivity index (χ4v) is 4.87. The molecule has 0 amide bonds. The van der Waals surface area contributed by atoms with Crippen LogP contribution in [0.2, 0.25) is 0 Å². The quantitative estimate of drug-likeness (QED) is 0.158. The molecule has 0 aliphatic heterocycles. The molecule has 4 rings (SSSR count). The molecule has 0 bridgehead atoms. The number of halogens is 8. The standard InChI is InChI=1S/C28H18F8N2O2S/c1-2-5-41-20-7-16(6-18(9-20)27(31,32)33)17-8-25(40-14-17)24-11-22(28(34,35)36)21(12-37)26(39)38(24)13-15-3-4-19(29)10-23(15)30/h3-4,6-11,14H,2,5,13H2,1H3. The molecule has 4 nitrogen and oxygen atoms in total. The summed E-state index contributed by atoms with van der Waals surface area (Å²) in [6, 6.07) is 8.52. The second kappa shape index (κ2) is 11.4. The summed E-state index contributed by atoms with van der Waals surface area (Å²) >= 11 is 1.19. The van der Waals surface area contributed by atoms with Crippen molar-refractivity contribution in [2.24, 2.45) is 0 Å². The predicted octanol–water partition coefficient (Wildman–Crippen LogP) is 8.51. The molecule has 0 fully saturated rings. The topological polar surface area (TPSA) is 58.9 Å². The predicted molar refractivity (Wildman–Crippen MR) is 135 cm³/mol. The summed E-state index contributed by atoms with van der Waals surface area (Å²) in [6.07, 6.45) is -8.12. The monoisotopic (exact) mass is 598 g/mol. The van der Waals surface area contributed by atoms with E-state index in [0.29, 0.717) is 33.8 Å². The van der Waals surface area contributed by atoms with Crippen molar-refractivity contribution in [1.82, 2.24) is 4.57 Å². The van der Waals surface area contributed by atoms with Crippen LogP contribution in [0.15, 0.2) is 68.9 Å². The number of pyridine rings is 1. The van der Waals surface area contributed by atoms with Gasteiger partial charge in [-0.15, -0.1) is 11.8 Å². The number of hydrogen-bond donors (Lipinski definition) is 0. The first-order valence-electron chi connectivity index (χ1n) is 11.9. The van der Waals surface area contributed by atoms with Crippen molar-refractivity contribution in [3.05, 3.63) is 99.0 Å². The Morgan fingerprint density at radius 2 is 1.68 bits per heavy atom. The van der Waals surface area contributed by atoms with E-state index < -0.39 is 58.5 Å². The van der Waals surface area contributed by atoms with Crippen LogP contribution < -0.4 is 5.56 Å². The van der Waals surface area contributed by atoms with E-state index >= 15 is 0 Å². The number of nitriles is 1. The minimum absolute atomic E-state index is 0.0524. The van der Waals surface area contributed by atoms with Gasteiger partial charge < -0.3 is 4.42 Å². The Hall–Kier alpha value is -4.05. The zero-order valence-electron chi connectivity index (χ0n) is 21.0. The maximum atomic E-state index is 14.4. The van der Waals surface area contributed by atoms with Gasteiger partial charge >= 0.3 is 12.4 Å². The SMILES string of the molecule is CCCSc1cc(-c2coc(-c3cc(C(F)(F)F)c(C#N)c(=O)n3Cc3ccc(F)cc3F)c2)cc(C(F)(F)F)c1. The Morgan fingerprint density at radius 1 is 0.951 bits per heavy atom. The third-order valence-electron chi connectivity index (χ3n) is 5.95. The molecule has 0 radical (unpaired) electrons. The van der Waals surface area contributed by atoms with Gasteiger partial charge in [0.1, 0.15) is 23.3 Å². The van der Waals surface area contributed by atoms with Crippen LogP contribution in [-0.2, 0) is 18.9 Å². The van der Waals surface area contributed by atoms with Crippen molar-refractivity contribution in [2.45, 2.75) is 37.1 Å². The van der Waals surface area contributed by atoms with E-state index in [0.717, 1.165) is 36.6 Å². The summed E-state index contributed by atoms with van der Waals surface area (Å²) in [5.74, 6) is -1.86. The summed E-state index contributed by atoms with van der Waals surface area (Å²) in [7, 11) is 0. The molecule has 2 aromatic heterocycles. The van der Waals surface area contributed by atoms with Gasteiger partial charge in [0.15, 0.2) is 5.76 Å². The molecule has 0 aliphatic carbocycles. The number of thioether (sulfide) groups is 1. The number of benzene rings is 2. The van der Waals surface area contributed by atoms with Crippen LogP contribution in [0.4, 0.5) is 35.1 Å². The van der Waals surface area contributed by atoms with Crippen LogP contribution >= 0.6 is 11.8 Å². The van der Waals surface area contributed by atoms with Gasteiger partial charge in [-0.05, 0) is 54.1 Å². The Kier molecular flexibility index (Phi) is 8.35. The molecule has 41 heavy (non-hydrogen) atoms. The molecule has 0 unspecified atom stereocenters. The van der Waals surface area contributed by atoms with E-state index in [2.05, 4.69) is 0 Å². The lowest BCUT2D eigenvalue weighted by atomic mass is 10.0. The molecule has 0 saturated carbocycles. The van der Waals surface area contributed by atoms with Gasteiger partial charge in [-0.3, -0.25) is 9.36 Å². The van der Waals surface area contributed by atoms with Gasteiger partial charge in [0, 0.05) is 22.1 Å². The van der Waals surface area contributed by atoms with Crippen LogP contribution in [0.25, 0.3) is 22.6 Å². The molecule has 4 aromatic rings. The number of rotatable bonds is 7. The molecule has 0 N–H and O–H groups in total. The smallest absolute Gasteiger partial charge is 0.417 e. The summed E-state index contributed by atoms with van der Waals surface area (Å²) in [4.78, 5) is 13.4. The third-order valence-corrected chi connectivity index (χ3v) is 7.13. The number of furan rings is 1. The fraction of sp³-hybridized carbons (Fsp3) is 0.214. The maximum absolute atomic E-state index is 14.4. The van der Waals surface area contributed by atoms with Crippen molar-refractivity contribution < 1.29 is 39.5 Å². The number of nitrogens with zero attached hydrogens (tertiary/aromatic N) is 2. The lowest BCUT2D eigenvalue weighted by Gasteiger charge is -2.16. The maximum Gasteiger partial charge on any atom is 0.417 e. The highest BCUT2D eigenvalue weighted by Gasteiger charge is 2.37. The molecule has 0 atom stereocenters. The van der Waals surface area contributed by atoms with Crippen molar-refractivity contribution >= 4 is 11.8 Å². The molecule has 0 aliphatic rings. The summed E-state index contributed by atoms with van der Waals surface area (Å²) < 4.78 is 116. The first-order chi connectivity index (χ1) is 19.2. The second-order valence-electron chi connectivity index (χ2n) is 8.85. The zero-order chi connectivity index (χ0) is 30.1. The highest BCUT2D eigenvalue weighted by Crippen LogP contribution is 2.39. The second-order valence-corrected chi connectivity index (χ2v) is 10.0. The Labute approximate surface area is 231 Å². The molecule has 0 saturated heterocycles. The first-order valence-corrected chi connectivity index (χ1v) is 12.8. The minimum atomic E-state index is -5.14. The van der Waals surface area contributed by atoms with E-state index in [1.54, 1.807) is 0 Å². The first kappa shape index (κ1) is 29.9. The summed E-state index contributed by atoms with van der Waals surface area (Å²) in [5.41, 5.74) is -5.89. The van der Waals surface area contributed by atoms with Crippen LogP contribution in [0.5, 0.6) is 0 Å². The van der Waals surface area contributed by atoms with Crippen LogP contribution in [0, 0.1) is 23.0 Å². The number of alkyl halides is 6. The van der Waals surface area contributed by atoms with Crippen LogP contribution in [0.3, 0.4) is 0 Å². The highest BCUT2D eigenvalue weighted by atomic mass is 32.2. The minimum Gasteiger partial charge on any atom is -0.462 e. The molecular weight excluding hydrogens is 580 g/mol. The number of aromatic nitrogens is 1. The van der Waals surface area contributed by atoms with E-state index in [4.69, 9.17) is 4.42 Å². The Morgan fingerprint density at radius 3 is 2.29 bits per heavy atom. The van der Waals surface area contributed by atoms with Crippen molar-refractivity contribution in [2.75, 3.05) is 5.75 Å². The molecule has 214 valence electrons. The Balaban J connectivity index is 1.91. The molecule has 2 heterocycles. The van der Waals surface area contributed by atoms with E-state index in [9.17, 15) is 45.2 Å². The van der Waals surface area contributed by atoms with Gasteiger partial charge in [0.05, 0.1) is 29.6 Å². The van der Waals surface area contributed by atoms with E-state index in [1.165, 1.54) is 23.9 Å². The lowest BCUT2D eigenvalue weighted by molar-refractivity contribution is -0.138. The fourth-order valence-electron chi connectivity index (χ4n) is 4.01. The largest absolute Gasteiger partial charge is 0.462 e. The summed E-state index contributed by atoms with van der Waals surface area (Å²) in [5, 5.41) is 9.33. The van der Waals surface area contributed by atoms with E-state index in [-0.39, 0.29) is 22.5 Å². The normalized spacial score (nSPS) is 12.0. The van der Waals surface area contributed by atoms with E-state index in [1.807, 2.05) is 6.92 Å². The molecule has 0 spiro atoms. The van der Waals surface area contributed by atoms with Crippen LogP contribution in [0.1, 0.15) is 35.6 Å². The van der Waals surface area contributed by atoms with Gasteiger partial charge in [-0.25, -0.2) is 8.78 Å². The highest BCUT2D eigenvalue weighted by molar-refractivity contribution is 7.99. The lowest BCUT2D eigenvalue weighted by Crippen LogP contribution is -2.29. The van der Waals surface area contributed by atoms with Gasteiger partial charge in [0.25, 0.3) is 5.56 Å². The van der Waals surface area contributed by atoms with Crippen molar-refractivity contribution in [3.63, 3.8) is 0 Å². The van der Waals surface area contributed by atoms with Gasteiger partial charge in [-0.2, -0.15) is 31.6 Å². The van der Waals surface area contributed by atoms with Crippen molar-refractivity contribution in [1.29, 1.82) is 5.26 Å². The third kappa shape index (κ3) is 6.48. The van der Waals surface area contributed by atoms with Crippen LogP contribution in [-0.4, -0.2) is 10.3 Å². The average Bonchev–Trinajstić information content (AvgIpc) is 3.38. The molecule has 13 heteroatoms. The Bertz CT molecular complexity index is 1700. The number of hydrogen-bond acceptors (Lipinski definition) is 4. The van der Waals surface area contributed by atoms with Gasteiger partial charge in [0.2, 0.25) is 0 Å². The summed E-state index contributed by atoms with van der Waals surface area (Å²) in [6.45, 7) is 1.15. The average molecular weight is 599 g/mol. The molecule has 2 aromatic carbocycles. The van der Waals surface area contributed by atoms with Crippen molar-refractivity contribution in [3.8, 4) is 28.7 Å². The zero-order valence-corrected chi connectivity index (χ0v) is 21.8.